The summed E-state index contributed by atoms with van der Waals surface area (Å²) in [4.78, 5) is 28.4. The van der Waals surface area contributed by atoms with Crippen LogP contribution in [0.3, 0.4) is 0 Å². The number of rotatable bonds is 11. The molecule has 0 bridgehead atoms. The number of hydrogen-bond acceptors (Lipinski definition) is 4. The van der Waals surface area contributed by atoms with Crippen LogP contribution in [0.4, 0.5) is 0 Å². The Kier molecular flexibility index (Phi) is 11.9. The van der Waals surface area contributed by atoms with E-state index in [4.69, 9.17) is 0 Å². The number of nitrogens with zero attached hydrogens (tertiary/aromatic N) is 2. The Morgan fingerprint density at radius 3 is 1.08 bits per heavy atom. The summed E-state index contributed by atoms with van der Waals surface area (Å²) < 4.78 is 0. The highest BCUT2D eigenvalue weighted by Crippen LogP contribution is 2.14. The van der Waals surface area contributed by atoms with Crippen molar-refractivity contribution in [3.05, 3.63) is 0 Å². The van der Waals surface area contributed by atoms with Crippen molar-refractivity contribution in [2.75, 3.05) is 23.0 Å². The molecule has 0 saturated carbocycles. The third-order valence-corrected chi connectivity index (χ3v) is 5.77. The Labute approximate surface area is 157 Å². The molecule has 0 radical (unpaired) electrons. The minimum atomic E-state index is 0.205. The van der Waals surface area contributed by atoms with E-state index in [9.17, 15) is 9.59 Å². The van der Waals surface area contributed by atoms with Crippen LogP contribution in [0.15, 0.2) is 0 Å². The fourth-order valence-corrected chi connectivity index (χ4v) is 4.81. The summed E-state index contributed by atoms with van der Waals surface area (Å²) >= 11 is 3.32. The van der Waals surface area contributed by atoms with Gasteiger partial charge in [0.15, 0.2) is 0 Å². The van der Waals surface area contributed by atoms with Gasteiger partial charge in [-0.05, 0) is 55.4 Å². The van der Waals surface area contributed by atoms with Crippen molar-refractivity contribution in [1.29, 1.82) is 0 Å². The molecule has 2 amide bonds. The molecule has 0 aromatic heterocycles. The topological polar surface area (TPSA) is 40.6 Å². The maximum absolute atomic E-state index is 12.2. The van der Waals surface area contributed by atoms with Crippen LogP contribution in [-0.2, 0) is 9.59 Å². The number of carbonyl (C=O) groups is 2. The van der Waals surface area contributed by atoms with Crippen molar-refractivity contribution in [3.8, 4) is 0 Å². The van der Waals surface area contributed by atoms with Crippen LogP contribution >= 0.6 is 23.5 Å². The lowest BCUT2D eigenvalue weighted by Gasteiger charge is -2.31. The van der Waals surface area contributed by atoms with Crippen LogP contribution in [0.5, 0.6) is 0 Å². The number of carbonyl (C=O) groups excluding carboxylic acids is 2. The molecule has 0 unspecified atom stereocenters. The van der Waals surface area contributed by atoms with Gasteiger partial charge in [-0.25, -0.2) is 0 Å². The summed E-state index contributed by atoms with van der Waals surface area (Å²) in [5, 5.41) is 0. The van der Waals surface area contributed by atoms with Crippen molar-refractivity contribution < 1.29 is 9.59 Å². The fraction of sp³-hybridized carbons (Fsp3) is 0.889. The van der Waals surface area contributed by atoms with E-state index in [1.165, 1.54) is 0 Å². The minimum Gasteiger partial charge on any atom is -0.337 e. The Morgan fingerprint density at radius 2 is 0.875 bits per heavy atom. The molecule has 0 aliphatic carbocycles. The predicted octanol–water partition coefficient (Wildman–Crippen LogP) is 3.74. The lowest BCUT2D eigenvalue weighted by atomic mass is 10.2. The predicted molar refractivity (Wildman–Crippen MR) is 109 cm³/mol. The van der Waals surface area contributed by atoms with Gasteiger partial charge in [0.1, 0.15) is 0 Å². The molecule has 24 heavy (non-hydrogen) atoms. The first-order chi connectivity index (χ1) is 11.1. The molecule has 0 atom stereocenters. The number of hydrogen-bond donors (Lipinski definition) is 0. The van der Waals surface area contributed by atoms with Gasteiger partial charge in [0.05, 0.1) is 11.5 Å². The molecular formula is C18H36N2O2S2. The smallest absolute Gasteiger partial charge is 0.233 e. The van der Waals surface area contributed by atoms with Gasteiger partial charge in [-0.3, -0.25) is 9.59 Å². The Morgan fingerprint density at radius 1 is 0.625 bits per heavy atom. The largest absolute Gasteiger partial charge is 0.337 e. The maximum Gasteiger partial charge on any atom is 0.233 e. The molecule has 0 N–H and O–H groups in total. The van der Waals surface area contributed by atoms with Crippen LogP contribution in [0.2, 0.25) is 0 Å². The number of thioether (sulfide) groups is 2. The van der Waals surface area contributed by atoms with E-state index >= 15 is 0 Å². The van der Waals surface area contributed by atoms with Crippen molar-refractivity contribution in [2.24, 2.45) is 0 Å². The van der Waals surface area contributed by atoms with E-state index in [1.807, 2.05) is 9.80 Å². The third kappa shape index (κ3) is 8.65. The molecule has 0 saturated heterocycles. The first-order valence-electron chi connectivity index (χ1n) is 8.87. The van der Waals surface area contributed by atoms with Gasteiger partial charge in [-0.2, -0.15) is 23.5 Å². The van der Waals surface area contributed by atoms with E-state index in [1.54, 1.807) is 23.5 Å². The second kappa shape index (κ2) is 12.1. The highest BCUT2D eigenvalue weighted by atomic mass is 32.2. The second-order valence-corrected chi connectivity index (χ2v) is 9.29. The van der Waals surface area contributed by atoms with Gasteiger partial charge in [0.25, 0.3) is 0 Å². The van der Waals surface area contributed by atoms with E-state index in [-0.39, 0.29) is 36.0 Å². The molecule has 142 valence electrons. The molecule has 0 heterocycles. The van der Waals surface area contributed by atoms with Gasteiger partial charge in [0, 0.05) is 35.7 Å². The molecule has 0 spiro atoms. The van der Waals surface area contributed by atoms with Crippen molar-refractivity contribution in [2.45, 2.75) is 79.6 Å². The van der Waals surface area contributed by atoms with Gasteiger partial charge < -0.3 is 9.80 Å². The van der Waals surface area contributed by atoms with Gasteiger partial charge in [0.2, 0.25) is 11.8 Å². The van der Waals surface area contributed by atoms with Crippen molar-refractivity contribution in [1.82, 2.24) is 9.80 Å². The van der Waals surface area contributed by atoms with E-state index in [0.717, 1.165) is 11.5 Å². The molecule has 0 rings (SSSR count). The summed E-state index contributed by atoms with van der Waals surface area (Å²) in [6.07, 6.45) is 0. The van der Waals surface area contributed by atoms with Gasteiger partial charge in [-0.1, -0.05) is 0 Å². The van der Waals surface area contributed by atoms with E-state index < -0.39 is 0 Å². The highest BCUT2D eigenvalue weighted by molar-refractivity contribution is 8.03. The molecule has 0 aromatic carbocycles. The van der Waals surface area contributed by atoms with Gasteiger partial charge >= 0.3 is 0 Å². The van der Waals surface area contributed by atoms with Crippen LogP contribution in [0, 0.1) is 0 Å². The van der Waals surface area contributed by atoms with Crippen LogP contribution in [-0.4, -0.2) is 68.8 Å². The van der Waals surface area contributed by atoms with Crippen LogP contribution in [0.1, 0.15) is 55.4 Å². The molecular weight excluding hydrogens is 340 g/mol. The van der Waals surface area contributed by atoms with Crippen molar-refractivity contribution >= 4 is 35.3 Å². The Hall–Kier alpha value is -0.360. The molecule has 6 heteroatoms. The zero-order valence-electron chi connectivity index (χ0n) is 16.7. The average Bonchev–Trinajstić information content (AvgIpc) is 2.40. The van der Waals surface area contributed by atoms with E-state index in [0.29, 0.717) is 11.5 Å². The summed E-state index contributed by atoms with van der Waals surface area (Å²) in [6, 6.07) is 0.956. The summed E-state index contributed by atoms with van der Waals surface area (Å²) in [7, 11) is 0. The van der Waals surface area contributed by atoms with E-state index in [2.05, 4.69) is 55.4 Å². The zero-order valence-corrected chi connectivity index (χ0v) is 18.3. The normalized spacial score (nSPS) is 11.7. The third-order valence-electron chi connectivity index (χ3n) is 3.62. The maximum atomic E-state index is 12.2. The Balaban J connectivity index is 4.03. The SMILES string of the molecule is CC(C)N(C(=O)CSCCSCC(=O)N(C(C)C)C(C)C)C(C)C. The summed E-state index contributed by atoms with van der Waals surface area (Å²) in [6.45, 7) is 16.4. The highest BCUT2D eigenvalue weighted by Gasteiger charge is 2.20. The second-order valence-electron chi connectivity index (χ2n) is 7.08. The molecule has 0 aliphatic heterocycles. The molecule has 0 aliphatic rings. The zero-order chi connectivity index (χ0) is 18.9. The average molecular weight is 377 g/mol. The monoisotopic (exact) mass is 376 g/mol. The summed E-state index contributed by atoms with van der Waals surface area (Å²) in [5.74, 6) is 3.26. The molecule has 0 fully saturated rings. The van der Waals surface area contributed by atoms with Gasteiger partial charge in [-0.15, -0.1) is 0 Å². The standard InChI is InChI=1S/C18H36N2O2S2/c1-13(2)19(14(3)4)17(21)11-23-9-10-24-12-18(22)20(15(5)6)16(7)8/h13-16H,9-12H2,1-8H3. The lowest BCUT2D eigenvalue weighted by molar-refractivity contribution is -0.132. The minimum absolute atomic E-state index is 0.205. The lowest BCUT2D eigenvalue weighted by Crippen LogP contribution is -2.43. The fourth-order valence-electron chi connectivity index (χ4n) is 2.93. The molecule has 4 nitrogen and oxygen atoms in total. The summed E-state index contributed by atoms with van der Waals surface area (Å²) in [5.41, 5.74) is 0. The Bertz CT molecular complexity index is 333. The van der Waals surface area contributed by atoms with Crippen LogP contribution in [0.25, 0.3) is 0 Å². The first-order valence-corrected chi connectivity index (χ1v) is 11.2. The first kappa shape index (κ1) is 23.6. The number of amides is 2. The van der Waals surface area contributed by atoms with Crippen molar-refractivity contribution in [3.63, 3.8) is 0 Å². The molecule has 0 aromatic rings. The van der Waals surface area contributed by atoms with Crippen LogP contribution < -0.4 is 0 Å². The quantitative estimate of drug-likeness (QED) is 0.515.